The van der Waals surface area contributed by atoms with E-state index < -0.39 is 0 Å². The largest absolute Gasteiger partial charge is 0.309 e. The van der Waals surface area contributed by atoms with E-state index in [9.17, 15) is 0 Å². The Labute approximate surface area is 340 Å². The van der Waals surface area contributed by atoms with Crippen LogP contribution in [0.1, 0.15) is 43.6 Å². The average molecular weight is 745 g/mol. The smallest absolute Gasteiger partial charge is 0.0561 e. The van der Waals surface area contributed by atoms with Crippen LogP contribution in [0.5, 0.6) is 0 Å². The summed E-state index contributed by atoms with van der Waals surface area (Å²) in [5, 5.41) is 7.68. The van der Waals surface area contributed by atoms with Crippen molar-refractivity contribution in [3.05, 3.63) is 206 Å². The molecule has 1 aromatic heterocycles. The van der Waals surface area contributed by atoms with Gasteiger partial charge in [0.25, 0.3) is 0 Å². The molecule has 0 N–H and O–H groups in total. The topological polar surface area (TPSA) is 8.17 Å². The van der Waals surface area contributed by atoms with Crippen LogP contribution in [0.2, 0.25) is 0 Å². The first-order chi connectivity index (χ1) is 28.8. The molecule has 278 valence electrons. The fraction of sp³-hybridized carbons (Fsp3) is 0.107. The fourth-order valence-electron chi connectivity index (χ4n) is 9.96. The maximum absolute atomic E-state index is 2.53. The molecule has 0 saturated heterocycles. The molecule has 11 rings (SSSR count). The summed E-state index contributed by atoms with van der Waals surface area (Å²) in [6.45, 7) is 0. The van der Waals surface area contributed by atoms with E-state index in [1.165, 1.54) is 103 Å². The summed E-state index contributed by atoms with van der Waals surface area (Å²) in [7, 11) is 0. The molecule has 1 heterocycles. The van der Waals surface area contributed by atoms with Gasteiger partial charge < -0.3 is 9.47 Å². The highest BCUT2D eigenvalue weighted by Gasteiger charge is 2.25. The minimum Gasteiger partial charge on any atom is -0.309 e. The van der Waals surface area contributed by atoms with Crippen molar-refractivity contribution in [2.75, 3.05) is 4.90 Å². The Bertz CT molecular complexity index is 3100. The Hall–Kier alpha value is -6.90. The number of para-hydroxylation sites is 4. The molecule has 0 atom stereocenters. The summed E-state index contributed by atoms with van der Waals surface area (Å²) < 4.78 is 2.43. The van der Waals surface area contributed by atoms with Gasteiger partial charge in [-0.15, -0.1) is 0 Å². The van der Waals surface area contributed by atoms with Crippen molar-refractivity contribution in [3.8, 4) is 27.9 Å². The van der Waals surface area contributed by atoms with Gasteiger partial charge in [-0.05, 0) is 99.5 Å². The molecule has 0 unspecified atom stereocenters. The van der Waals surface area contributed by atoms with Crippen molar-refractivity contribution in [1.29, 1.82) is 0 Å². The predicted octanol–water partition coefficient (Wildman–Crippen LogP) is 15.9. The first-order valence-electron chi connectivity index (χ1n) is 20.9. The van der Waals surface area contributed by atoms with E-state index in [4.69, 9.17) is 0 Å². The highest BCUT2D eigenvalue weighted by molar-refractivity contribution is 6.11. The first kappa shape index (κ1) is 34.4. The Morgan fingerprint density at radius 2 is 0.966 bits per heavy atom. The molecular formula is C56H44N2. The fourth-order valence-corrected chi connectivity index (χ4v) is 9.96. The lowest BCUT2D eigenvalue weighted by molar-refractivity contribution is 0.445. The van der Waals surface area contributed by atoms with Crippen LogP contribution in [0.4, 0.5) is 17.1 Å². The molecule has 0 radical (unpaired) electrons. The Morgan fingerprint density at radius 3 is 1.76 bits per heavy atom. The number of fused-ring (bicyclic) bond motifs is 5. The molecule has 1 saturated carbocycles. The molecule has 0 amide bonds. The van der Waals surface area contributed by atoms with E-state index >= 15 is 0 Å². The van der Waals surface area contributed by atoms with Crippen molar-refractivity contribution in [3.63, 3.8) is 0 Å². The summed E-state index contributed by atoms with van der Waals surface area (Å²) in [5.74, 6) is 0.580. The van der Waals surface area contributed by atoms with Crippen molar-refractivity contribution in [2.24, 2.45) is 0 Å². The Morgan fingerprint density at radius 1 is 0.397 bits per heavy atom. The van der Waals surface area contributed by atoms with Crippen LogP contribution in [0.25, 0.3) is 71.3 Å². The molecule has 0 aliphatic heterocycles. The number of benzene rings is 9. The summed E-state index contributed by atoms with van der Waals surface area (Å²) in [4.78, 5) is 2.53. The summed E-state index contributed by atoms with van der Waals surface area (Å²) in [6, 6.07) is 74.1. The lowest BCUT2D eigenvalue weighted by Crippen LogP contribution is -2.13. The van der Waals surface area contributed by atoms with Gasteiger partial charge in [0.05, 0.1) is 22.4 Å². The van der Waals surface area contributed by atoms with E-state index in [-0.39, 0.29) is 0 Å². The quantitative estimate of drug-likeness (QED) is 0.158. The third-order valence-electron chi connectivity index (χ3n) is 12.6. The molecule has 0 bridgehead atoms. The summed E-state index contributed by atoms with van der Waals surface area (Å²) >= 11 is 0. The van der Waals surface area contributed by atoms with Crippen molar-refractivity contribution in [1.82, 2.24) is 4.57 Å². The monoisotopic (exact) mass is 744 g/mol. The number of nitrogens with zero attached hydrogens (tertiary/aromatic N) is 2. The van der Waals surface area contributed by atoms with Crippen LogP contribution in [0, 0.1) is 0 Å². The van der Waals surface area contributed by atoms with E-state index in [0.717, 1.165) is 22.7 Å². The minimum absolute atomic E-state index is 0.580. The molecule has 1 fully saturated rings. The maximum Gasteiger partial charge on any atom is 0.0561 e. The SMILES string of the molecule is c1ccc(-n2c3ccccc3c3ccc(N(c4ccccc4-c4cccc5ccccc45)c4ccccc4-c4cccc5cccc(C6CCCCC6)c45)cc32)cc1. The Kier molecular flexibility index (Phi) is 8.62. The highest BCUT2D eigenvalue weighted by atomic mass is 15.1. The molecule has 0 spiro atoms. The zero-order valence-corrected chi connectivity index (χ0v) is 32.6. The maximum atomic E-state index is 2.53. The molecule has 10 aromatic rings. The lowest BCUT2D eigenvalue weighted by Gasteiger charge is -2.31. The number of anilines is 3. The summed E-state index contributed by atoms with van der Waals surface area (Å²) in [6.07, 6.45) is 6.47. The normalized spacial score (nSPS) is 13.4. The number of rotatable bonds is 7. The minimum atomic E-state index is 0.580. The van der Waals surface area contributed by atoms with Gasteiger partial charge in [-0.2, -0.15) is 0 Å². The van der Waals surface area contributed by atoms with Crippen LogP contribution in [-0.2, 0) is 0 Å². The second kappa shape index (κ2) is 14.6. The highest BCUT2D eigenvalue weighted by Crippen LogP contribution is 2.49. The van der Waals surface area contributed by atoms with Crippen molar-refractivity contribution < 1.29 is 0 Å². The first-order valence-corrected chi connectivity index (χ1v) is 20.9. The molecule has 1 aliphatic rings. The van der Waals surface area contributed by atoms with Gasteiger partial charge in [-0.1, -0.05) is 177 Å². The predicted molar refractivity (Wildman–Crippen MR) is 247 cm³/mol. The summed E-state index contributed by atoms with van der Waals surface area (Å²) in [5.41, 5.74) is 13.4. The zero-order chi connectivity index (χ0) is 38.4. The van der Waals surface area contributed by atoms with Crippen molar-refractivity contribution in [2.45, 2.75) is 38.0 Å². The van der Waals surface area contributed by atoms with Crippen molar-refractivity contribution >= 4 is 60.4 Å². The molecular weight excluding hydrogens is 701 g/mol. The van der Waals surface area contributed by atoms with Crippen LogP contribution in [0.3, 0.4) is 0 Å². The third kappa shape index (κ3) is 5.79. The van der Waals surface area contributed by atoms with E-state index in [1.54, 1.807) is 0 Å². The van der Waals surface area contributed by atoms with Gasteiger partial charge in [0.15, 0.2) is 0 Å². The molecule has 2 heteroatoms. The second-order valence-electron chi connectivity index (χ2n) is 15.9. The zero-order valence-electron chi connectivity index (χ0n) is 32.6. The van der Waals surface area contributed by atoms with E-state index in [1.807, 2.05) is 0 Å². The van der Waals surface area contributed by atoms with Gasteiger partial charge in [-0.25, -0.2) is 0 Å². The van der Waals surface area contributed by atoms with Gasteiger partial charge in [0.2, 0.25) is 0 Å². The van der Waals surface area contributed by atoms with Crippen LogP contribution in [0.15, 0.2) is 200 Å². The molecule has 9 aromatic carbocycles. The van der Waals surface area contributed by atoms with Gasteiger partial charge in [-0.3, -0.25) is 0 Å². The Balaban J connectivity index is 1.21. The lowest BCUT2D eigenvalue weighted by atomic mass is 9.80. The standard InChI is InChI=1S/C56H44N2/c1-3-18-40(19-4-1)45-30-16-22-41-23-17-32-51(56(41)45)49-29-11-14-35-54(49)58(52-33-12-9-27-47(52)46-31-15-21-39-20-7-8-26-44(39)46)43-36-37-50-48-28-10-13-34-53(48)57(55(50)38-43)42-24-5-2-6-25-42/h2,5-17,20-38,40H,1,3-4,18-19H2. The number of hydrogen-bond donors (Lipinski definition) is 0. The van der Waals surface area contributed by atoms with Crippen LogP contribution in [-0.4, -0.2) is 4.57 Å². The second-order valence-corrected chi connectivity index (χ2v) is 15.9. The number of hydrogen-bond acceptors (Lipinski definition) is 1. The number of aromatic nitrogens is 1. The third-order valence-corrected chi connectivity index (χ3v) is 12.6. The van der Waals surface area contributed by atoms with Gasteiger partial charge in [0.1, 0.15) is 0 Å². The van der Waals surface area contributed by atoms with E-state index in [2.05, 4.69) is 210 Å². The van der Waals surface area contributed by atoms with Crippen LogP contribution < -0.4 is 4.90 Å². The van der Waals surface area contributed by atoms with Gasteiger partial charge in [0, 0.05) is 33.3 Å². The van der Waals surface area contributed by atoms with Crippen LogP contribution >= 0.6 is 0 Å². The molecule has 1 aliphatic carbocycles. The average Bonchev–Trinajstić information content (AvgIpc) is 3.63. The van der Waals surface area contributed by atoms with Gasteiger partial charge >= 0.3 is 0 Å². The molecule has 2 nitrogen and oxygen atoms in total. The van der Waals surface area contributed by atoms with E-state index in [0.29, 0.717) is 5.92 Å². The molecule has 58 heavy (non-hydrogen) atoms.